The van der Waals surface area contributed by atoms with E-state index in [1.807, 2.05) is 30.3 Å². The smallest absolute Gasteiger partial charge is 0.242 e. The van der Waals surface area contributed by atoms with Crippen LogP contribution in [0.4, 0.5) is 4.39 Å². The number of nitrogens with one attached hydrogen (secondary N) is 1. The van der Waals surface area contributed by atoms with Crippen LogP contribution in [0, 0.1) is 5.82 Å². The van der Waals surface area contributed by atoms with E-state index in [4.69, 9.17) is 0 Å². The Morgan fingerprint density at radius 3 is 2.59 bits per heavy atom. The van der Waals surface area contributed by atoms with E-state index in [0.717, 1.165) is 36.8 Å². The lowest BCUT2D eigenvalue weighted by Crippen LogP contribution is -2.45. The lowest BCUT2D eigenvalue weighted by atomic mass is 10.0. The molecule has 1 heterocycles. The van der Waals surface area contributed by atoms with Gasteiger partial charge in [-0.05, 0) is 42.9 Å². The van der Waals surface area contributed by atoms with Crippen LogP contribution in [0.1, 0.15) is 31.7 Å². The minimum atomic E-state index is -0.317. The fourth-order valence-corrected chi connectivity index (χ4v) is 3.58. The molecule has 2 amide bonds. The zero-order chi connectivity index (χ0) is 19.2. The summed E-state index contributed by atoms with van der Waals surface area (Å²) in [7, 11) is 0. The molecule has 0 aliphatic carbocycles. The van der Waals surface area contributed by atoms with Crippen LogP contribution in [-0.2, 0) is 16.0 Å². The highest BCUT2D eigenvalue weighted by Crippen LogP contribution is 2.23. The Balaban J connectivity index is 1.46. The van der Waals surface area contributed by atoms with Gasteiger partial charge in [-0.3, -0.25) is 9.59 Å². The molecule has 5 heteroatoms. The molecule has 142 valence electrons. The van der Waals surface area contributed by atoms with Gasteiger partial charge in [0, 0.05) is 25.6 Å². The number of rotatable bonds is 6. The predicted octanol–water partition coefficient (Wildman–Crippen LogP) is 3.55. The van der Waals surface area contributed by atoms with Gasteiger partial charge in [-0.15, -0.1) is 0 Å². The number of hydrogen-bond donors (Lipinski definition) is 1. The molecular formula is C22H25FN2O2. The first-order valence-corrected chi connectivity index (χ1v) is 9.45. The fraction of sp³-hybridized carbons (Fsp3) is 0.364. The van der Waals surface area contributed by atoms with Gasteiger partial charge in [0.05, 0.1) is 0 Å². The van der Waals surface area contributed by atoms with Crippen LogP contribution in [0.5, 0.6) is 0 Å². The van der Waals surface area contributed by atoms with E-state index < -0.39 is 0 Å². The van der Waals surface area contributed by atoms with Gasteiger partial charge < -0.3 is 10.2 Å². The molecule has 2 aromatic carbocycles. The molecule has 0 aromatic heterocycles. The summed E-state index contributed by atoms with van der Waals surface area (Å²) in [5, 5.41) is 2.94. The first-order chi connectivity index (χ1) is 13.1. The average Bonchev–Trinajstić information content (AvgIpc) is 3.16. The summed E-state index contributed by atoms with van der Waals surface area (Å²) in [6.45, 7) is 2.76. The Bertz CT molecular complexity index is 804. The van der Waals surface area contributed by atoms with Crippen LogP contribution in [0.25, 0.3) is 11.1 Å². The van der Waals surface area contributed by atoms with Crippen LogP contribution in [-0.4, -0.2) is 35.8 Å². The number of carbonyl (C=O) groups excluding carboxylic acids is 2. The van der Waals surface area contributed by atoms with Gasteiger partial charge in [0.2, 0.25) is 11.8 Å². The maximum Gasteiger partial charge on any atom is 0.242 e. The molecular weight excluding hydrogens is 343 g/mol. The van der Waals surface area contributed by atoms with Crippen LogP contribution < -0.4 is 5.32 Å². The molecule has 1 N–H and O–H groups in total. The Morgan fingerprint density at radius 1 is 1.15 bits per heavy atom. The topological polar surface area (TPSA) is 49.4 Å². The monoisotopic (exact) mass is 368 g/mol. The van der Waals surface area contributed by atoms with E-state index in [1.54, 1.807) is 17.0 Å². The number of halogens is 1. The summed E-state index contributed by atoms with van der Waals surface area (Å²) in [6.07, 6.45) is 3.27. The van der Waals surface area contributed by atoms with Crippen molar-refractivity contribution in [2.75, 3.05) is 13.1 Å². The van der Waals surface area contributed by atoms with E-state index >= 15 is 0 Å². The van der Waals surface area contributed by atoms with Crippen molar-refractivity contribution in [2.45, 2.75) is 38.6 Å². The summed E-state index contributed by atoms with van der Waals surface area (Å²) in [5.41, 5.74) is 2.61. The van der Waals surface area contributed by atoms with E-state index in [-0.39, 0.29) is 23.7 Å². The van der Waals surface area contributed by atoms with Crippen LogP contribution in [0.2, 0.25) is 0 Å². The Labute approximate surface area is 159 Å². The zero-order valence-electron chi connectivity index (χ0n) is 15.6. The van der Waals surface area contributed by atoms with Crippen molar-refractivity contribution in [2.24, 2.45) is 0 Å². The molecule has 1 fully saturated rings. The van der Waals surface area contributed by atoms with Gasteiger partial charge in [-0.25, -0.2) is 4.39 Å². The first kappa shape index (κ1) is 19.1. The molecule has 1 saturated heterocycles. The third kappa shape index (κ3) is 4.73. The zero-order valence-corrected chi connectivity index (χ0v) is 15.6. The molecule has 3 rings (SSSR count). The van der Waals surface area contributed by atoms with E-state index in [0.29, 0.717) is 18.7 Å². The average molecular weight is 368 g/mol. The largest absolute Gasteiger partial charge is 0.354 e. The minimum absolute atomic E-state index is 0.0393. The highest BCUT2D eigenvalue weighted by atomic mass is 19.1. The number of nitrogens with zero attached hydrogens (tertiary/aromatic N) is 1. The molecule has 0 spiro atoms. The van der Waals surface area contributed by atoms with Crippen LogP contribution in [0.3, 0.4) is 0 Å². The van der Waals surface area contributed by atoms with Crippen molar-refractivity contribution in [3.8, 4) is 11.1 Å². The van der Waals surface area contributed by atoms with Gasteiger partial charge in [0.15, 0.2) is 0 Å². The normalized spacial score (nSPS) is 16.4. The maximum atomic E-state index is 13.8. The van der Waals surface area contributed by atoms with Gasteiger partial charge in [-0.1, -0.05) is 42.5 Å². The van der Waals surface area contributed by atoms with Crippen molar-refractivity contribution in [3.05, 3.63) is 59.9 Å². The second kappa shape index (κ2) is 8.80. The Morgan fingerprint density at radius 2 is 1.89 bits per heavy atom. The summed E-state index contributed by atoms with van der Waals surface area (Å²) in [4.78, 5) is 25.5. The van der Waals surface area contributed by atoms with Crippen molar-refractivity contribution >= 4 is 11.8 Å². The Kier molecular flexibility index (Phi) is 6.22. The molecule has 4 nitrogen and oxygen atoms in total. The third-order valence-corrected chi connectivity index (χ3v) is 5.04. The maximum absolute atomic E-state index is 13.8. The number of aryl methyl sites for hydroxylation is 1. The van der Waals surface area contributed by atoms with Gasteiger partial charge >= 0.3 is 0 Å². The van der Waals surface area contributed by atoms with E-state index in [9.17, 15) is 14.0 Å². The SMILES string of the molecule is CC(=O)N1CCC[C@H]1C(=O)NCCCc1ccc(-c2ccccc2F)cc1. The third-order valence-electron chi connectivity index (χ3n) is 5.04. The summed E-state index contributed by atoms with van der Waals surface area (Å²) >= 11 is 0. The van der Waals surface area contributed by atoms with Crippen molar-refractivity contribution in [1.29, 1.82) is 0 Å². The number of hydrogen-bond acceptors (Lipinski definition) is 2. The van der Waals surface area contributed by atoms with E-state index in [2.05, 4.69) is 5.32 Å². The lowest BCUT2D eigenvalue weighted by Gasteiger charge is -2.22. The van der Waals surface area contributed by atoms with Crippen LogP contribution in [0.15, 0.2) is 48.5 Å². The number of amides is 2. The number of likely N-dealkylation sites (tertiary alicyclic amines) is 1. The molecule has 1 aliphatic heterocycles. The molecule has 0 radical (unpaired) electrons. The predicted molar refractivity (Wildman–Crippen MR) is 104 cm³/mol. The highest BCUT2D eigenvalue weighted by molar-refractivity contribution is 5.87. The number of benzene rings is 2. The molecule has 0 saturated carbocycles. The molecule has 27 heavy (non-hydrogen) atoms. The molecule has 0 bridgehead atoms. The second-order valence-corrected chi connectivity index (χ2v) is 6.94. The molecule has 0 unspecified atom stereocenters. The van der Waals surface area contributed by atoms with Gasteiger partial charge in [0.1, 0.15) is 11.9 Å². The number of carbonyl (C=O) groups is 2. The highest BCUT2D eigenvalue weighted by Gasteiger charge is 2.31. The lowest BCUT2D eigenvalue weighted by molar-refractivity contribution is -0.136. The minimum Gasteiger partial charge on any atom is -0.354 e. The van der Waals surface area contributed by atoms with Crippen molar-refractivity contribution in [1.82, 2.24) is 10.2 Å². The van der Waals surface area contributed by atoms with E-state index in [1.165, 1.54) is 13.0 Å². The van der Waals surface area contributed by atoms with Crippen molar-refractivity contribution < 1.29 is 14.0 Å². The molecule has 1 aliphatic rings. The quantitative estimate of drug-likeness (QED) is 0.793. The summed E-state index contributed by atoms with van der Waals surface area (Å²) in [6, 6.07) is 14.3. The fourth-order valence-electron chi connectivity index (χ4n) is 3.58. The summed E-state index contributed by atoms with van der Waals surface area (Å²) in [5.74, 6) is -0.320. The van der Waals surface area contributed by atoms with Gasteiger partial charge in [-0.2, -0.15) is 0 Å². The second-order valence-electron chi connectivity index (χ2n) is 6.94. The van der Waals surface area contributed by atoms with Crippen LogP contribution >= 0.6 is 0 Å². The van der Waals surface area contributed by atoms with Gasteiger partial charge in [0.25, 0.3) is 0 Å². The Hall–Kier alpha value is -2.69. The first-order valence-electron chi connectivity index (χ1n) is 9.45. The standard InChI is InChI=1S/C22H25FN2O2/c1-16(26)25-15-5-9-21(25)22(27)24-14-4-6-17-10-12-18(13-11-17)19-7-2-3-8-20(19)23/h2-3,7-8,10-13,21H,4-6,9,14-15H2,1H3,(H,24,27)/t21-/m0/s1. The summed E-state index contributed by atoms with van der Waals surface area (Å²) < 4.78 is 13.8. The molecule has 2 aromatic rings. The molecule has 1 atom stereocenters. The van der Waals surface area contributed by atoms with Crippen molar-refractivity contribution in [3.63, 3.8) is 0 Å².